The Bertz CT molecular complexity index is 1040. The maximum atomic E-state index is 13.6. The standard InChI is InChI=1S/C21H27AsF2N6/c1-11(2)17-18-19(30-29-17)20(26-10-12-7-8-14(23)15(24)9-12)28-21(27-18)22-13-5-3-4-6-16(13)25/h7-9,11,13,16,22H,3-6,10,25H2,1-2H3,(H,29,30)(H,26,27,28). The first-order chi connectivity index (χ1) is 14.4. The van der Waals surface area contributed by atoms with Gasteiger partial charge in [-0.05, 0) is 0 Å². The SMILES string of the molecule is CC(C)c1[nH]nc2c(NCc3ccc(F)c(F)c3)nc([AsH]C3CCCCC3N)nc12. The van der Waals surface area contributed by atoms with Crippen LogP contribution in [0.4, 0.5) is 14.6 Å². The van der Waals surface area contributed by atoms with Gasteiger partial charge in [0.2, 0.25) is 0 Å². The fourth-order valence-corrected chi connectivity index (χ4v) is 6.81. The van der Waals surface area contributed by atoms with Crippen LogP contribution in [0.2, 0.25) is 4.71 Å². The fraction of sp³-hybridized carbons (Fsp3) is 0.476. The number of rotatable bonds is 6. The molecule has 9 heteroatoms. The molecule has 160 valence electrons. The summed E-state index contributed by atoms with van der Waals surface area (Å²) < 4.78 is 28.1. The second kappa shape index (κ2) is 8.98. The van der Waals surface area contributed by atoms with Crippen LogP contribution in [0.15, 0.2) is 18.2 Å². The van der Waals surface area contributed by atoms with Gasteiger partial charge < -0.3 is 0 Å². The Morgan fingerprint density at radius 2 is 1.97 bits per heavy atom. The van der Waals surface area contributed by atoms with Crippen molar-refractivity contribution in [3.05, 3.63) is 41.1 Å². The molecule has 1 fully saturated rings. The van der Waals surface area contributed by atoms with E-state index >= 15 is 0 Å². The second-order valence-electron chi connectivity index (χ2n) is 8.19. The molecule has 4 N–H and O–H groups in total. The van der Waals surface area contributed by atoms with Gasteiger partial charge in [-0.25, -0.2) is 0 Å². The van der Waals surface area contributed by atoms with Crippen molar-refractivity contribution in [2.75, 3.05) is 5.32 Å². The molecule has 6 nitrogen and oxygen atoms in total. The Morgan fingerprint density at radius 1 is 1.17 bits per heavy atom. The Kier molecular flexibility index (Phi) is 6.34. The summed E-state index contributed by atoms with van der Waals surface area (Å²) in [6, 6.07) is 4.12. The molecule has 4 rings (SSSR count). The molecule has 0 bridgehead atoms. The summed E-state index contributed by atoms with van der Waals surface area (Å²) in [4.78, 5) is 9.66. The average Bonchev–Trinajstić information content (AvgIpc) is 3.15. The maximum absolute atomic E-state index is 13.6. The van der Waals surface area contributed by atoms with Crippen LogP contribution >= 0.6 is 0 Å². The zero-order valence-electron chi connectivity index (χ0n) is 17.2. The summed E-state index contributed by atoms with van der Waals surface area (Å²) in [6.07, 6.45) is 4.63. The number of halogens is 2. The number of fused-ring (bicyclic) bond motifs is 1. The average molecular weight is 476 g/mol. The van der Waals surface area contributed by atoms with Gasteiger partial charge in [0.1, 0.15) is 0 Å². The molecular weight excluding hydrogens is 449 g/mol. The van der Waals surface area contributed by atoms with E-state index in [2.05, 4.69) is 29.4 Å². The molecule has 0 saturated heterocycles. The zero-order valence-corrected chi connectivity index (χ0v) is 19.3. The third-order valence-electron chi connectivity index (χ3n) is 5.58. The van der Waals surface area contributed by atoms with Crippen LogP contribution in [-0.2, 0) is 6.54 Å². The molecule has 3 unspecified atom stereocenters. The number of nitrogens with zero attached hydrogens (tertiary/aromatic N) is 3. The summed E-state index contributed by atoms with van der Waals surface area (Å²) in [7, 11) is 0. The number of nitrogens with one attached hydrogen (secondary N) is 2. The van der Waals surface area contributed by atoms with Crippen LogP contribution in [0.1, 0.15) is 56.7 Å². The minimum absolute atomic E-state index is 0.227. The molecule has 1 aromatic carbocycles. The van der Waals surface area contributed by atoms with E-state index in [1.165, 1.54) is 18.9 Å². The molecule has 0 amide bonds. The van der Waals surface area contributed by atoms with E-state index in [-0.39, 0.29) is 12.0 Å². The third-order valence-corrected chi connectivity index (χ3v) is 8.88. The first-order valence-electron chi connectivity index (χ1n) is 10.4. The van der Waals surface area contributed by atoms with Crippen molar-refractivity contribution >= 4 is 37.2 Å². The van der Waals surface area contributed by atoms with Crippen LogP contribution in [0, 0.1) is 11.6 Å². The zero-order chi connectivity index (χ0) is 21.3. The van der Waals surface area contributed by atoms with Gasteiger partial charge >= 0.3 is 181 Å². The number of aromatic amines is 1. The van der Waals surface area contributed by atoms with Gasteiger partial charge in [-0.15, -0.1) is 0 Å². The van der Waals surface area contributed by atoms with E-state index in [0.717, 1.165) is 34.7 Å². The van der Waals surface area contributed by atoms with E-state index < -0.39 is 27.4 Å². The van der Waals surface area contributed by atoms with Crippen LogP contribution in [0.3, 0.4) is 0 Å². The van der Waals surface area contributed by atoms with E-state index in [1.807, 2.05) is 0 Å². The molecule has 3 atom stereocenters. The minimum atomic E-state index is -0.859. The van der Waals surface area contributed by atoms with Crippen LogP contribution < -0.4 is 15.7 Å². The molecule has 2 aromatic heterocycles. The summed E-state index contributed by atoms with van der Waals surface area (Å²) in [5, 5.41) is 10.8. The fourth-order valence-electron chi connectivity index (χ4n) is 3.85. The van der Waals surface area contributed by atoms with Crippen molar-refractivity contribution in [2.24, 2.45) is 5.73 Å². The van der Waals surface area contributed by atoms with Gasteiger partial charge in [0.15, 0.2) is 0 Å². The molecule has 30 heavy (non-hydrogen) atoms. The molecule has 3 aromatic rings. The van der Waals surface area contributed by atoms with Crippen LogP contribution in [0.5, 0.6) is 0 Å². The molecule has 0 aliphatic heterocycles. The Morgan fingerprint density at radius 3 is 2.70 bits per heavy atom. The van der Waals surface area contributed by atoms with Gasteiger partial charge in [-0.3, -0.25) is 0 Å². The van der Waals surface area contributed by atoms with Crippen molar-refractivity contribution in [3.8, 4) is 0 Å². The molecule has 2 heterocycles. The molecule has 1 aliphatic carbocycles. The molecular formula is C21H27AsF2N6. The van der Waals surface area contributed by atoms with Gasteiger partial charge in [0.05, 0.1) is 0 Å². The Labute approximate surface area is 181 Å². The van der Waals surface area contributed by atoms with E-state index in [9.17, 15) is 8.78 Å². The number of anilines is 1. The van der Waals surface area contributed by atoms with E-state index in [1.54, 1.807) is 6.07 Å². The van der Waals surface area contributed by atoms with E-state index in [0.29, 0.717) is 28.1 Å². The third kappa shape index (κ3) is 4.49. The molecule has 0 spiro atoms. The van der Waals surface area contributed by atoms with Crippen molar-refractivity contribution < 1.29 is 8.78 Å². The predicted octanol–water partition coefficient (Wildman–Crippen LogP) is 3.12. The number of H-pyrrole nitrogens is 1. The predicted molar refractivity (Wildman–Crippen MR) is 116 cm³/mol. The summed E-state index contributed by atoms with van der Waals surface area (Å²) in [6.45, 7) is 4.50. The van der Waals surface area contributed by atoms with Crippen LogP contribution in [-0.4, -0.2) is 42.0 Å². The Balaban J connectivity index is 1.65. The van der Waals surface area contributed by atoms with Crippen molar-refractivity contribution in [1.29, 1.82) is 0 Å². The quantitative estimate of drug-likeness (QED) is 0.476. The monoisotopic (exact) mass is 476 g/mol. The number of hydrogen-bond acceptors (Lipinski definition) is 5. The summed E-state index contributed by atoms with van der Waals surface area (Å²) >= 11 is -0.615. The topological polar surface area (TPSA) is 92.5 Å². The molecule has 1 aliphatic rings. The first kappa shape index (κ1) is 21.2. The molecule has 1 saturated carbocycles. The van der Waals surface area contributed by atoms with Gasteiger partial charge in [-0.2, -0.15) is 0 Å². The normalized spacial score (nSPS) is 19.9. The summed E-state index contributed by atoms with van der Waals surface area (Å²) in [5.41, 5.74) is 9.48. The second-order valence-corrected chi connectivity index (χ2v) is 11.3. The van der Waals surface area contributed by atoms with Crippen molar-refractivity contribution in [3.63, 3.8) is 0 Å². The van der Waals surface area contributed by atoms with Crippen molar-refractivity contribution in [2.45, 2.75) is 62.7 Å². The summed E-state index contributed by atoms with van der Waals surface area (Å²) in [5.74, 6) is -0.846. The number of hydrogen-bond donors (Lipinski definition) is 3. The van der Waals surface area contributed by atoms with E-state index in [4.69, 9.17) is 15.7 Å². The van der Waals surface area contributed by atoms with Gasteiger partial charge in [0.25, 0.3) is 0 Å². The van der Waals surface area contributed by atoms with Gasteiger partial charge in [-0.1, -0.05) is 0 Å². The molecule has 0 radical (unpaired) electrons. The first-order valence-corrected chi connectivity index (χ1v) is 12.6. The van der Waals surface area contributed by atoms with Crippen molar-refractivity contribution in [1.82, 2.24) is 20.2 Å². The number of benzene rings is 1. The van der Waals surface area contributed by atoms with Crippen LogP contribution in [0.25, 0.3) is 11.0 Å². The number of aromatic nitrogens is 4. The Hall–Kier alpha value is -2.05. The van der Waals surface area contributed by atoms with Gasteiger partial charge in [0, 0.05) is 0 Å². The number of nitrogens with two attached hydrogens (primary N) is 1.